The second kappa shape index (κ2) is 10.1. The standard InChI is InChI=1S/C52H49N/c1-49(2)23-24-50(3,4)46-30-40(20-22-44(46)49)53(39-19-15-33-9-5-6-10-35(33)27-39)38-17-13-34(14-18-38)36-16-21-42-41-11-7-8-12-43(41)52(45(42)28-36)47-26-32-25-37-29-48(52)51(37,47)31-32/h5-22,27-28,30,32,37,47-48H,23-26,29,31H2,1-4H3. The van der Waals surface area contributed by atoms with Crippen molar-refractivity contribution in [1.82, 2.24) is 0 Å². The Balaban J connectivity index is 0.965. The van der Waals surface area contributed by atoms with E-state index >= 15 is 0 Å². The summed E-state index contributed by atoms with van der Waals surface area (Å²) in [6.07, 6.45) is 8.35. The lowest BCUT2D eigenvalue weighted by molar-refractivity contribution is -0.231. The van der Waals surface area contributed by atoms with Crippen molar-refractivity contribution in [2.24, 2.45) is 29.1 Å². The van der Waals surface area contributed by atoms with Gasteiger partial charge in [-0.05, 0) is 176 Å². The maximum absolute atomic E-state index is 2.63. The van der Waals surface area contributed by atoms with Gasteiger partial charge in [-0.3, -0.25) is 0 Å². The second-order valence-corrected chi connectivity index (χ2v) is 19.3. The van der Waals surface area contributed by atoms with Crippen LogP contribution in [0.5, 0.6) is 0 Å². The molecule has 0 saturated heterocycles. The van der Waals surface area contributed by atoms with Gasteiger partial charge in [-0.1, -0.05) is 113 Å². The van der Waals surface area contributed by atoms with Gasteiger partial charge in [0.25, 0.3) is 0 Å². The molecule has 0 amide bonds. The summed E-state index contributed by atoms with van der Waals surface area (Å²) in [5, 5.41) is 2.54. The molecular formula is C52H49N. The Kier molecular flexibility index (Phi) is 5.88. The van der Waals surface area contributed by atoms with Gasteiger partial charge in [0.15, 0.2) is 0 Å². The number of rotatable bonds is 4. The molecule has 1 nitrogen and oxygen atoms in total. The molecule has 12 rings (SSSR count). The molecule has 6 atom stereocenters. The highest BCUT2D eigenvalue weighted by Gasteiger charge is 2.84. The van der Waals surface area contributed by atoms with Gasteiger partial charge in [-0.2, -0.15) is 0 Å². The maximum Gasteiger partial charge on any atom is 0.0468 e. The van der Waals surface area contributed by atoms with Crippen LogP contribution in [0.4, 0.5) is 17.1 Å². The zero-order valence-corrected chi connectivity index (χ0v) is 31.6. The first kappa shape index (κ1) is 30.8. The van der Waals surface area contributed by atoms with Crippen LogP contribution in [0.15, 0.2) is 127 Å². The fourth-order valence-corrected chi connectivity index (χ4v) is 13.8. The molecule has 6 aromatic carbocycles. The van der Waals surface area contributed by atoms with Crippen molar-refractivity contribution >= 4 is 27.8 Å². The van der Waals surface area contributed by atoms with Crippen molar-refractivity contribution in [3.63, 3.8) is 0 Å². The van der Waals surface area contributed by atoms with Crippen LogP contribution in [-0.4, -0.2) is 0 Å². The molecule has 4 saturated carbocycles. The number of benzene rings is 6. The average Bonchev–Trinajstić information content (AvgIpc) is 3.81. The average molecular weight is 688 g/mol. The van der Waals surface area contributed by atoms with Crippen LogP contribution in [0, 0.1) is 29.1 Å². The largest absolute Gasteiger partial charge is 0.310 e. The predicted molar refractivity (Wildman–Crippen MR) is 220 cm³/mol. The van der Waals surface area contributed by atoms with E-state index in [0.29, 0.717) is 5.41 Å². The summed E-state index contributed by atoms with van der Waals surface area (Å²) in [5.74, 6) is 3.65. The number of hydrogen-bond acceptors (Lipinski definition) is 1. The van der Waals surface area contributed by atoms with E-state index in [2.05, 4.69) is 160 Å². The van der Waals surface area contributed by atoms with Gasteiger partial charge in [0.05, 0.1) is 0 Å². The first-order valence-corrected chi connectivity index (χ1v) is 20.5. The molecule has 0 radical (unpaired) electrons. The normalized spacial score (nSPS) is 29.9. The molecule has 0 heterocycles. The van der Waals surface area contributed by atoms with Gasteiger partial charge < -0.3 is 4.90 Å². The lowest BCUT2D eigenvalue weighted by Crippen LogP contribution is -2.73. The summed E-state index contributed by atoms with van der Waals surface area (Å²) in [4.78, 5) is 2.48. The van der Waals surface area contributed by atoms with Gasteiger partial charge in [0.1, 0.15) is 0 Å². The molecule has 2 bridgehead atoms. The van der Waals surface area contributed by atoms with Crippen molar-refractivity contribution < 1.29 is 0 Å². The van der Waals surface area contributed by atoms with Crippen LogP contribution in [0.25, 0.3) is 33.0 Å². The molecule has 53 heavy (non-hydrogen) atoms. The Labute approximate surface area is 315 Å². The van der Waals surface area contributed by atoms with E-state index in [-0.39, 0.29) is 16.2 Å². The number of fused-ring (bicyclic) bond motifs is 10. The number of anilines is 3. The fourth-order valence-electron chi connectivity index (χ4n) is 13.8. The van der Waals surface area contributed by atoms with Gasteiger partial charge in [0, 0.05) is 22.5 Å². The van der Waals surface area contributed by atoms with E-state index in [1.807, 2.05) is 0 Å². The molecule has 1 heteroatoms. The van der Waals surface area contributed by atoms with Crippen molar-refractivity contribution in [2.45, 2.75) is 82.5 Å². The second-order valence-electron chi connectivity index (χ2n) is 19.3. The Bertz CT molecular complexity index is 2520. The third-order valence-corrected chi connectivity index (χ3v) is 16.2. The first-order chi connectivity index (χ1) is 25.7. The smallest absolute Gasteiger partial charge is 0.0468 e. The van der Waals surface area contributed by atoms with Crippen LogP contribution >= 0.6 is 0 Å². The summed E-state index contributed by atoms with van der Waals surface area (Å²) in [7, 11) is 0. The highest BCUT2D eigenvalue weighted by atomic mass is 15.1. The molecule has 2 spiro atoms. The van der Waals surface area contributed by atoms with Crippen LogP contribution in [0.3, 0.4) is 0 Å². The summed E-state index contributed by atoms with van der Waals surface area (Å²) in [6.45, 7) is 9.71. The predicted octanol–water partition coefficient (Wildman–Crippen LogP) is 13.7. The topological polar surface area (TPSA) is 3.24 Å². The molecule has 0 aliphatic heterocycles. The minimum absolute atomic E-state index is 0.142. The minimum Gasteiger partial charge on any atom is -0.310 e. The zero-order valence-electron chi connectivity index (χ0n) is 31.6. The molecule has 262 valence electrons. The summed E-state index contributed by atoms with van der Waals surface area (Å²) < 4.78 is 0. The Morgan fingerprint density at radius 3 is 1.98 bits per heavy atom. The van der Waals surface area contributed by atoms with Gasteiger partial charge in [0.2, 0.25) is 0 Å². The Morgan fingerprint density at radius 2 is 1.15 bits per heavy atom. The molecule has 6 unspecified atom stereocenters. The summed E-state index contributed by atoms with van der Waals surface area (Å²) in [6, 6.07) is 49.4. The van der Waals surface area contributed by atoms with Crippen molar-refractivity contribution in [3.8, 4) is 22.3 Å². The van der Waals surface area contributed by atoms with Crippen LogP contribution in [0.1, 0.15) is 88.5 Å². The van der Waals surface area contributed by atoms with E-state index < -0.39 is 0 Å². The van der Waals surface area contributed by atoms with Crippen LogP contribution < -0.4 is 4.90 Å². The SMILES string of the molecule is CC1(C)CCC(C)(C)c2cc(N(c3ccc(-c4ccc5c(c4)C4(c6ccccc6-5)C5CC6CC7CC4C75C6)cc3)c3ccc4ccccc4c3)ccc21. The summed E-state index contributed by atoms with van der Waals surface area (Å²) in [5.41, 5.74) is 16.8. The first-order valence-electron chi connectivity index (χ1n) is 20.5. The molecular weight excluding hydrogens is 639 g/mol. The summed E-state index contributed by atoms with van der Waals surface area (Å²) >= 11 is 0. The minimum atomic E-state index is 0.142. The number of nitrogens with zero attached hydrogens (tertiary/aromatic N) is 1. The molecule has 4 fully saturated rings. The molecule has 0 aromatic heterocycles. The van der Waals surface area contributed by atoms with Crippen molar-refractivity contribution in [3.05, 3.63) is 150 Å². The van der Waals surface area contributed by atoms with Crippen LogP contribution in [0.2, 0.25) is 0 Å². The maximum atomic E-state index is 2.63. The van der Waals surface area contributed by atoms with E-state index in [4.69, 9.17) is 0 Å². The lowest BCUT2D eigenvalue weighted by atomic mass is 9.27. The third kappa shape index (κ3) is 3.79. The van der Waals surface area contributed by atoms with Gasteiger partial charge >= 0.3 is 0 Å². The fraction of sp³-hybridized carbons (Fsp3) is 0.346. The molecule has 6 aliphatic carbocycles. The van der Waals surface area contributed by atoms with E-state index in [0.717, 1.165) is 23.7 Å². The highest BCUT2D eigenvalue weighted by molar-refractivity contribution is 5.90. The monoisotopic (exact) mass is 687 g/mol. The highest BCUT2D eigenvalue weighted by Crippen LogP contribution is 2.89. The van der Waals surface area contributed by atoms with Gasteiger partial charge in [-0.25, -0.2) is 0 Å². The Morgan fingerprint density at radius 1 is 0.491 bits per heavy atom. The van der Waals surface area contributed by atoms with E-state index in [1.54, 1.807) is 11.1 Å². The third-order valence-electron chi connectivity index (χ3n) is 16.2. The van der Waals surface area contributed by atoms with Crippen molar-refractivity contribution in [2.75, 3.05) is 4.90 Å². The molecule has 6 aliphatic rings. The zero-order chi connectivity index (χ0) is 35.5. The molecule has 0 N–H and O–H groups in total. The van der Waals surface area contributed by atoms with Crippen LogP contribution in [-0.2, 0) is 16.2 Å². The lowest BCUT2D eigenvalue weighted by Gasteiger charge is -2.76. The van der Waals surface area contributed by atoms with E-state index in [9.17, 15) is 0 Å². The van der Waals surface area contributed by atoms with Gasteiger partial charge in [-0.15, -0.1) is 0 Å². The van der Waals surface area contributed by atoms with Crippen molar-refractivity contribution in [1.29, 1.82) is 0 Å². The number of hydrogen-bond donors (Lipinski definition) is 0. The Hall–Kier alpha value is -4.62. The van der Waals surface area contributed by atoms with E-state index in [1.165, 1.54) is 99.7 Å². The quantitative estimate of drug-likeness (QED) is 0.178. The molecule has 6 aromatic rings.